The Kier molecular flexibility index (Phi) is 7.51. The number of fused-ring (bicyclic) bond motifs is 7. The van der Waals surface area contributed by atoms with Crippen molar-refractivity contribution >= 4 is 78.0 Å². The highest BCUT2D eigenvalue weighted by Gasteiger charge is 2.46. The van der Waals surface area contributed by atoms with E-state index in [1.165, 1.54) is 93.3 Å². The molecule has 0 atom stereocenters. The molecule has 0 fully saturated rings. The Labute approximate surface area is 319 Å². The number of thiophene rings is 1. The molecule has 0 saturated heterocycles. The van der Waals surface area contributed by atoms with Gasteiger partial charge in [-0.25, -0.2) is 0 Å². The van der Waals surface area contributed by atoms with E-state index in [2.05, 4.69) is 159 Å². The third kappa shape index (κ3) is 5.08. The van der Waals surface area contributed by atoms with Crippen LogP contribution in [0.25, 0.3) is 10.1 Å². The quantitative estimate of drug-likeness (QED) is 0.166. The molecule has 9 rings (SSSR count). The molecule has 4 heterocycles. The Morgan fingerprint density at radius 3 is 1.96 bits per heavy atom. The smallest absolute Gasteiger partial charge is 0.254 e. The van der Waals surface area contributed by atoms with Crippen LogP contribution in [0.5, 0.6) is 11.5 Å². The number of hydrogen-bond acceptors (Lipinski definition) is 5. The molecule has 0 saturated carbocycles. The van der Waals surface area contributed by atoms with Crippen LogP contribution in [-0.4, -0.2) is 19.9 Å². The van der Waals surface area contributed by atoms with Crippen LogP contribution in [0.1, 0.15) is 80.5 Å². The Bertz CT molecular complexity index is 2490. The number of ether oxygens (including phenoxy) is 2. The molecule has 0 N–H and O–H groups in total. The molecule has 0 aliphatic carbocycles. The van der Waals surface area contributed by atoms with Crippen LogP contribution >= 0.6 is 11.3 Å². The van der Waals surface area contributed by atoms with Crippen LogP contribution in [0.15, 0.2) is 72.8 Å². The molecule has 4 nitrogen and oxygen atoms in total. The summed E-state index contributed by atoms with van der Waals surface area (Å²) in [6.07, 6.45) is 0. The lowest BCUT2D eigenvalue weighted by molar-refractivity contribution is 0.170. The molecule has 0 bridgehead atoms. The van der Waals surface area contributed by atoms with Gasteiger partial charge < -0.3 is 19.3 Å². The van der Waals surface area contributed by atoms with Gasteiger partial charge in [0.05, 0.1) is 16.4 Å². The zero-order chi connectivity index (χ0) is 37.3. The molecule has 0 radical (unpaired) electrons. The number of rotatable bonds is 2. The number of aryl methyl sites for hydroxylation is 4. The van der Waals surface area contributed by atoms with E-state index in [4.69, 9.17) is 9.47 Å². The minimum atomic E-state index is -0.0116. The average molecular weight is 717 g/mol. The molecule has 53 heavy (non-hydrogen) atoms. The first kappa shape index (κ1) is 34.1. The van der Waals surface area contributed by atoms with Crippen molar-refractivity contribution in [3.63, 3.8) is 0 Å². The maximum Gasteiger partial charge on any atom is 0.254 e. The summed E-state index contributed by atoms with van der Waals surface area (Å²) in [6, 6.07) is 28.2. The van der Waals surface area contributed by atoms with Gasteiger partial charge >= 0.3 is 0 Å². The standard InChI is InChI=1S/C47H49BN2O2S/c1-26-20-36-41-37(21-26)50(42-27(2)22-32(23-28(42)3)47(9,10)11)45-40(33-14-12-13-15-39(33)53-45)48(41)34-25-31(46(6,7)8)16-17-35(34)49(36)43-29(4)24-38-44(30(43)5)52-19-18-51-38/h12-17,20-25H,18-19H2,1-11H3. The van der Waals surface area contributed by atoms with Crippen LogP contribution < -0.4 is 35.7 Å². The normalized spacial score (nSPS) is 14.7. The van der Waals surface area contributed by atoms with E-state index in [1.807, 2.05) is 11.3 Å². The molecule has 0 amide bonds. The minimum absolute atomic E-state index is 0.0116. The van der Waals surface area contributed by atoms with Crippen molar-refractivity contribution in [1.29, 1.82) is 0 Å². The van der Waals surface area contributed by atoms with Gasteiger partial charge in [-0.05, 0) is 131 Å². The summed E-state index contributed by atoms with van der Waals surface area (Å²) < 4.78 is 13.8. The van der Waals surface area contributed by atoms with E-state index in [-0.39, 0.29) is 17.5 Å². The summed E-state index contributed by atoms with van der Waals surface area (Å²) in [6.45, 7) is 26.4. The van der Waals surface area contributed by atoms with Crippen molar-refractivity contribution in [2.45, 2.75) is 87.0 Å². The van der Waals surface area contributed by atoms with E-state index in [0.717, 1.165) is 17.1 Å². The number of hydrogen-bond donors (Lipinski definition) is 0. The number of benzene rings is 5. The van der Waals surface area contributed by atoms with Gasteiger partial charge in [-0.2, -0.15) is 0 Å². The van der Waals surface area contributed by atoms with Gasteiger partial charge in [0.15, 0.2) is 11.5 Å². The van der Waals surface area contributed by atoms with Crippen LogP contribution in [-0.2, 0) is 10.8 Å². The predicted molar refractivity (Wildman–Crippen MR) is 228 cm³/mol. The van der Waals surface area contributed by atoms with Crippen LogP contribution in [0.2, 0.25) is 0 Å². The van der Waals surface area contributed by atoms with Gasteiger partial charge in [-0.1, -0.05) is 84.0 Å². The van der Waals surface area contributed by atoms with Gasteiger partial charge in [-0.3, -0.25) is 0 Å². The Morgan fingerprint density at radius 1 is 0.623 bits per heavy atom. The van der Waals surface area contributed by atoms with Crippen molar-refractivity contribution < 1.29 is 9.47 Å². The van der Waals surface area contributed by atoms with E-state index in [0.29, 0.717) is 13.2 Å². The molecule has 3 aliphatic heterocycles. The predicted octanol–water partition coefficient (Wildman–Crippen LogP) is 10.9. The fourth-order valence-corrected chi connectivity index (χ4v) is 10.4. The van der Waals surface area contributed by atoms with Crippen LogP contribution in [0, 0.1) is 34.6 Å². The first-order chi connectivity index (χ1) is 25.1. The van der Waals surface area contributed by atoms with Crippen molar-refractivity contribution in [2.75, 3.05) is 23.0 Å². The van der Waals surface area contributed by atoms with Crippen molar-refractivity contribution in [3.8, 4) is 11.5 Å². The maximum atomic E-state index is 6.34. The monoisotopic (exact) mass is 716 g/mol. The van der Waals surface area contributed by atoms with Crippen LogP contribution in [0.3, 0.4) is 0 Å². The third-order valence-electron chi connectivity index (χ3n) is 11.6. The summed E-state index contributed by atoms with van der Waals surface area (Å²) in [5, 5.41) is 2.66. The molecule has 6 aromatic rings. The zero-order valence-corrected chi connectivity index (χ0v) is 33.9. The van der Waals surface area contributed by atoms with Gasteiger partial charge in [0.1, 0.15) is 13.2 Å². The highest BCUT2D eigenvalue weighted by Crippen LogP contribution is 2.52. The van der Waals surface area contributed by atoms with Crippen molar-refractivity contribution in [2.24, 2.45) is 0 Å². The molecular weight excluding hydrogens is 667 g/mol. The molecule has 1 aromatic heterocycles. The molecule has 6 heteroatoms. The fourth-order valence-electron chi connectivity index (χ4n) is 9.12. The van der Waals surface area contributed by atoms with E-state index >= 15 is 0 Å². The molecule has 268 valence electrons. The van der Waals surface area contributed by atoms with Crippen molar-refractivity contribution in [1.82, 2.24) is 0 Å². The SMILES string of the molecule is Cc1cc2c3c(c1)N(c1c(C)cc(C(C)(C)C)cc1C)c1sc4ccccc4c1B3c1cc(C(C)(C)C)ccc1N2c1c(C)cc2c(c1C)OCCO2. The van der Waals surface area contributed by atoms with Gasteiger partial charge in [0.2, 0.25) is 0 Å². The Morgan fingerprint density at radius 2 is 1.26 bits per heavy atom. The molecule has 0 spiro atoms. The first-order valence-corrected chi connectivity index (χ1v) is 19.9. The Hall–Kier alpha value is -4.68. The van der Waals surface area contributed by atoms with Crippen molar-refractivity contribution in [3.05, 3.63) is 112 Å². The summed E-state index contributed by atoms with van der Waals surface area (Å²) >= 11 is 1.93. The molecule has 3 aliphatic rings. The number of anilines is 6. The highest BCUT2D eigenvalue weighted by atomic mass is 32.1. The molecule has 0 unspecified atom stereocenters. The first-order valence-electron chi connectivity index (χ1n) is 19.1. The van der Waals surface area contributed by atoms with E-state index in [1.54, 1.807) is 0 Å². The molecular formula is C47H49BN2O2S. The second-order valence-corrected chi connectivity index (χ2v) is 18.6. The summed E-state index contributed by atoms with van der Waals surface area (Å²) in [5.41, 5.74) is 19.2. The second kappa shape index (κ2) is 11.7. The van der Waals surface area contributed by atoms with Gasteiger partial charge in [0.25, 0.3) is 6.71 Å². The number of nitrogens with zero attached hydrogens (tertiary/aromatic N) is 2. The fraction of sp³-hybridized carbons (Fsp3) is 0.319. The summed E-state index contributed by atoms with van der Waals surface area (Å²) in [5.74, 6) is 1.69. The average Bonchev–Trinajstić information content (AvgIpc) is 3.48. The largest absolute Gasteiger partial charge is 0.486 e. The summed E-state index contributed by atoms with van der Waals surface area (Å²) in [4.78, 5) is 5.17. The summed E-state index contributed by atoms with van der Waals surface area (Å²) in [7, 11) is 0. The lowest BCUT2D eigenvalue weighted by atomic mass is 9.33. The Balaban J connectivity index is 1.42. The third-order valence-corrected chi connectivity index (χ3v) is 12.8. The van der Waals surface area contributed by atoms with Gasteiger partial charge in [0, 0.05) is 27.3 Å². The van der Waals surface area contributed by atoms with Crippen LogP contribution in [0.4, 0.5) is 33.4 Å². The highest BCUT2D eigenvalue weighted by molar-refractivity contribution is 7.26. The maximum absolute atomic E-state index is 6.34. The minimum Gasteiger partial charge on any atom is -0.486 e. The molecule has 5 aromatic carbocycles. The zero-order valence-electron chi connectivity index (χ0n) is 33.0. The topological polar surface area (TPSA) is 24.9 Å². The van der Waals surface area contributed by atoms with Gasteiger partial charge in [-0.15, -0.1) is 11.3 Å². The van der Waals surface area contributed by atoms with E-state index in [9.17, 15) is 0 Å². The second-order valence-electron chi connectivity index (χ2n) is 17.6. The lowest BCUT2D eigenvalue weighted by Gasteiger charge is -2.45. The lowest BCUT2D eigenvalue weighted by Crippen LogP contribution is -2.61. The van der Waals surface area contributed by atoms with E-state index < -0.39 is 0 Å².